The van der Waals surface area contributed by atoms with Gasteiger partial charge in [-0.15, -0.1) is 0 Å². The second-order valence-electron chi connectivity index (χ2n) is 6.25. The van der Waals surface area contributed by atoms with Gasteiger partial charge in [-0.05, 0) is 37.7 Å². The molecular weight excluding hydrogens is 406 g/mol. The molecule has 6 nitrogen and oxygen atoms in total. The summed E-state index contributed by atoms with van der Waals surface area (Å²) in [6.45, 7) is 0.0708. The van der Waals surface area contributed by atoms with Crippen molar-refractivity contribution in [1.82, 2.24) is 4.90 Å². The van der Waals surface area contributed by atoms with E-state index in [1.807, 2.05) is 0 Å². The molecule has 0 radical (unpaired) electrons. The number of nitrogens with zero attached hydrogens (tertiary/aromatic N) is 1. The molecule has 0 spiro atoms. The van der Waals surface area contributed by atoms with Crippen molar-refractivity contribution in [3.05, 3.63) is 54.1 Å². The molecule has 2 aromatic carbocycles. The standard InChI is InChI=1S/C20H21F4N3O3/c1-3-27(11-17(28)26-18-13(21)7-6-8-14(18)22)12(2)19(29)25-15-9-4-5-10-16(15)30-20(23)24/h4-10,12,20H,3,11H2,1-2H3,(H,25,29)(H,26,28). The molecule has 162 valence electrons. The van der Waals surface area contributed by atoms with E-state index in [9.17, 15) is 27.2 Å². The Morgan fingerprint density at radius 2 is 1.67 bits per heavy atom. The number of carbonyl (C=O) groups excluding carboxylic acids is 2. The Kier molecular flexibility index (Phi) is 8.16. The number of rotatable bonds is 9. The third-order valence-electron chi connectivity index (χ3n) is 4.27. The molecule has 2 N–H and O–H groups in total. The topological polar surface area (TPSA) is 70.7 Å². The van der Waals surface area contributed by atoms with Gasteiger partial charge in [0.2, 0.25) is 11.8 Å². The number of para-hydroxylation sites is 3. The zero-order valence-corrected chi connectivity index (χ0v) is 16.3. The van der Waals surface area contributed by atoms with Gasteiger partial charge in [0.1, 0.15) is 23.1 Å². The first-order valence-corrected chi connectivity index (χ1v) is 9.05. The lowest BCUT2D eigenvalue weighted by Crippen LogP contribution is -2.45. The minimum absolute atomic E-state index is 0.0450. The highest BCUT2D eigenvalue weighted by Gasteiger charge is 2.24. The number of carbonyl (C=O) groups is 2. The number of anilines is 2. The molecule has 0 saturated carbocycles. The summed E-state index contributed by atoms with van der Waals surface area (Å²) in [6, 6.07) is 8.00. The summed E-state index contributed by atoms with van der Waals surface area (Å²) in [7, 11) is 0. The highest BCUT2D eigenvalue weighted by atomic mass is 19.3. The van der Waals surface area contributed by atoms with E-state index in [2.05, 4.69) is 15.4 Å². The number of alkyl halides is 2. The Hall–Kier alpha value is -3.14. The molecule has 0 saturated heterocycles. The maximum absolute atomic E-state index is 13.7. The highest BCUT2D eigenvalue weighted by Crippen LogP contribution is 2.26. The summed E-state index contributed by atoms with van der Waals surface area (Å²) in [5.41, 5.74) is -0.530. The molecule has 2 amide bonds. The molecule has 10 heteroatoms. The van der Waals surface area contributed by atoms with Gasteiger partial charge in [0.15, 0.2) is 0 Å². The number of hydrogen-bond donors (Lipinski definition) is 2. The van der Waals surface area contributed by atoms with Crippen LogP contribution < -0.4 is 15.4 Å². The van der Waals surface area contributed by atoms with E-state index in [0.717, 1.165) is 12.1 Å². The first-order valence-electron chi connectivity index (χ1n) is 9.05. The summed E-state index contributed by atoms with van der Waals surface area (Å²) in [6.07, 6.45) is 0. The van der Waals surface area contributed by atoms with E-state index < -0.39 is 41.8 Å². The number of ether oxygens (including phenoxy) is 1. The zero-order chi connectivity index (χ0) is 22.3. The second-order valence-corrected chi connectivity index (χ2v) is 6.25. The molecule has 2 aromatic rings. The SMILES string of the molecule is CCN(CC(=O)Nc1c(F)cccc1F)C(C)C(=O)Nc1ccccc1OC(F)F. The van der Waals surface area contributed by atoms with Gasteiger partial charge in [0.05, 0.1) is 18.3 Å². The molecule has 1 unspecified atom stereocenters. The smallest absolute Gasteiger partial charge is 0.387 e. The van der Waals surface area contributed by atoms with Gasteiger partial charge in [0, 0.05) is 0 Å². The minimum atomic E-state index is -3.06. The predicted molar refractivity (Wildman–Crippen MR) is 103 cm³/mol. The molecule has 0 aromatic heterocycles. The summed E-state index contributed by atoms with van der Waals surface area (Å²) < 4.78 is 56.8. The van der Waals surface area contributed by atoms with Crippen molar-refractivity contribution < 1.29 is 31.9 Å². The van der Waals surface area contributed by atoms with Crippen molar-refractivity contribution in [2.24, 2.45) is 0 Å². The maximum atomic E-state index is 13.7. The largest absolute Gasteiger partial charge is 0.433 e. The Balaban J connectivity index is 2.04. The zero-order valence-electron chi connectivity index (χ0n) is 16.3. The number of nitrogens with one attached hydrogen (secondary N) is 2. The second kappa shape index (κ2) is 10.6. The third-order valence-corrected chi connectivity index (χ3v) is 4.27. The molecule has 0 fully saturated rings. The lowest BCUT2D eigenvalue weighted by molar-refractivity contribution is -0.123. The molecule has 2 rings (SSSR count). The number of amides is 2. The van der Waals surface area contributed by atoms with Crippen molar-refractivity contribution in [3.63, 3.8) is 0 Å². The van der Waals surface area contributed by atoms with Crippen molar-refractivity contribution in [1.29, 1.82) is 0 Å². The van der Waals surface area contributed by atoms with E-state index in [1.54, 1.807) is 6.92 Å². The van der Waals surface area contributed by atoms with Gasteiger partial charge in [-0.25, -0.2) is 8.78 Å². The van der Waals surface area contributed by atoms with E-state index in [0.29, 0.717) is 0 Å². The van der Waals surface area contributed by atoms with Crippen LogP contribution in [0.1, 0.15) is 13.8 Å². The number of halogens is 4. The van der Waals surface area contributed by atoms with E-state index in [-0.39, 0.29) is 24.5 Å². The van der Waals surface area contributed by atoms with E-state index in [1.165, 1.54) is 42.2 Å². The first-order chi connectivity index (χ1) is 14.2. The van der Waals surface area contributed by atoms with Gasteiger partial charge in [0.25, 0.3) is 0 Å². The van der Waals surface area contributed by atoms with E-state index in [4.69, 9.17) is 0 Å². The monoisotopic (exact) mass is 427 g/mol. The van der Waals surface area contributed by atoms with Crippen molar-refractivity contribution in [2.75, 3.05) is 23.7 Å². The fourth-order valence-corrected chi connectivity index (χ4v) is 2.67. The van der Waals surface area contributed by atoms with Crippen LogP contribution >= 0.6 is 0 Å². The maximum Gasteiger partial charge on any atom is 0.387 e. The van der Waals surface area contributed by atoms with Gasteiger partial charge in [-0.3, -0.25) is 14.5 Å². The summed E-state index contributed by atoms with van der Waals surface area (Å²) in [4.78, 5) is 26.2. The van der Waals surface area contributed by atoms with Gasteiger partial charge in [-0.2, -0.15) is 8.78 Å². The fourth-order valence-electron chi connectivity index (χ4n) is 2.67. The summed E-state index contributed by atoms with van der Waals surface area (Å²) >= 11 is 0. The van der Waals surface area contributed by atoms with Crippen molar-refractivity contribution in [2.45, 2.75) is 26.5 Å². The average Bonchev–Trinajstić information content (AvgIpc) is 2.69. The van der Waals surface area contributed by atoms with Gasteiger partial charge in [-0.1, -0.05) is 25.1 Å². The Bertz CT molecular complexity index is 875. The summed E-state index contributed by atoms with van der Waals surface area (Å²) in [5.74, 6) is -3.35. The van der Waals surface area contributed by atoms with Crippen molar-refractivity contribution in [3.8, 4) is 5.75 Å². The molecule has 0 aliphatic heterocycles. The lowest BCUT2D eigenvalue weighted by Gasteiger charge is -2.26. The Morgan fingerprint density at radius 1 is 1.03 bits per heavy atom. The average molecular weight is 427 g/mol. The fraction of sp³-hybridized carbons (Fsp3) is 0.300. The van der Waals surface area contributed by atoms with Crippen LogP contribution in [0.5, 0.6) is 5.75 Å². The van der Waals surface area contributed by atoms with Crippen LogP contribution in [-0.4, -0.2) is 42.5 Å². The lowest BCUT2D eigenvalue weighted by atomic mass is 10.2. The quantitative estimate of drug-likeness (QED) is 0.597. The summed E-state index contributed by atoms with van der Waals surface area (Å²) in [5, 5.41) is 4.63. The molecule has 30 heavy (non-hydrogen) atoms. The van der Waals surface area contributed by atoms with Crippen LogP contribution in [0.2, 0.25) is 0 Å². The number of likely N-dealkylation sites (N-methyl/N-ethyl adjacent to an activating group) is 1. The van der Waals surface area contributed by atoms with Crippen LogP contribution in [0.4, 0.5) is 28.9 Å². The molecule has 0 bridgehead atoms. The normalized spacial score (nSPS) is 12.0. The van der Waals surface area contributed by atoms with Crippen LogP contribution in [0.25, 0.3) is 0 Å². The Labute approximate surface area is 170 Å². The van der Waals surface area contributed by atoms with Crippen LogP contribution in [0.3, 0.4) is 0 Å². The van der Waals surface area contributed by atoms with Gasteiger partial charge >= 0.3 is 6.61 Å². The van der Waals surface area contributed by atoms with E-state index >= 15 is 0 Å². The highest BCUT2D eigenvalue weighted by molar-refractivity contribution is 5.97. The van der Waals surface area contributed by atoms with Gasteiger partial charge < -0.3 is 15.4 Å². The number of benzene rings is 2. The molecule has 0 heterocycles. The molecule has 0 aliphatic rings. The third kappa shape index (κ3) is 6.18. The van der Waals surface area contributed by atoms with Crippen LogP contribution in [0.15, 0.2) is 42.5 Å². The van der Waals surface area contributed by atoms with Crippen LogP contribution in [-0.2, 0) is 9.59 Å². The first kappa shape index (κ1) is 23.1. The Morgan fingerprint density at radius 3 is 2.27 bits per heavy atom. The molecule has 0 aliphatic carbocycles. The predicted octanol–water partition coefficient (Wildman–Crippen LogP) is 3.85. The molecular formula is C20H21F4N3O3. The number of hydrogen-bond acceptors (Lipinski definition) is 4. The molecule has 1 atom stereocenters. The van der Waals surface area contributed by atoms with Crippen molar-refractivity contribution >= 4 is 23.2 Å². The minimum Gasteiger partial charge on any atom is -0.433 e. The van der Waals surface area contributed by atoms with Crippen LogP contribution in [0, 0.1) is 11.6 Å².